The van der Waals surface area contributed by atoms with E-state index in [1.165, 1.54) is 11.6 Å². The van der Waals surface area contributed by atoms with E-state index in [-0.39, 0.29) is 11.8 Å². The smallest absolute Gasteiger partial charge is 0.258 e. The van der Waals surface area contributed by atoms with Crippen molar-refractivity contribution in [2.24, 2.45) is 0 Å². The summed E-state index contributed by atoms with van der Waals surface area (Å²) in [4.78, 5) is 26.9. The average molecular weight is 398 g/mol. The molecule has 2 amide bonds. The van der Waals surface area contributed by atoms with Crippen LogP contribution in [0.1, 0.15) is 21.5 Å². The van der Waals surface area contributed by atoms with Gasteiger partial charge in [0, 0.05) is 35.1 Å². The monoisotopic (exact) mass is 398 g/mol. The van der Waals surface area contributed by atoms with Crippen LogP contribution in [0.5, 0.6) is 5.75 Å². The number of nitrogens with zero attached hydrogens (tertiary/aromatic N) is 1. The molecule has 30 heavy (non-hydrogen) atoms. The molecule has 0 saturated heterocycles. The van der Waals surface area contributed by atoms with Gasteiger partial charge in [-0.05, 0) is 54.5 Å². The van der Waals surface area contributed by atoms with Crippen molar-refractivity contribution in [3.05, 3.63) is 95.6 Å². The molecule has 5 heteroatoms. The van der Waals surface area contributed by atoms with E-state index in [2.05, 4.69) is 11.4 Å². The van der Waals surface area contributed by atoms with Gasteiger partial charge < -0.3 is 15.0 Å². The molecule has 0 unspecified atom stereocenters. The molecule has 1 aliphatic rings. The number of methoxy groups -OCH3 is 1. The first kappa shape index (κ1) is 19.5. The minimum atomic E-state index is -0.256. The number of benzene rings is 3. The first-order valence-electron chi connectivity index (χ1n) is 9.77. The number of hydrogen-bond acceptors (Lipinski definition) is 3. The Balaban J connectivity index is 1.41. The van der Waals surface area contributed by atoms with Gasteiger partial charge in [-0.3, -0.25) is 9.59 Å². The van der Waals surface area contributed by atoms with Gasteiger partial charge in [-0.2, -0.15) is 0 Å². The summed E-state index contributed by atoms with van der Waals surface area (Å²) in [5.74, 6) is 0.412. The van der Waals surface area contributed by atoms with Crippen molar-refractivity contribution in [2.75, 3.05) is 23.9 Å². The highest BCUT2D eigenvalue weighted by atomic mass is 16.5. The van der Waals surface area contributed by atoms with Gasteiger partial charge in [0.25, 0.3) is 5.91 Å². The Hall–Kier alpha value is -3.86. The van der Waals surface area contributed by atoms with Crippen molar-refractivity contribution in [3.8, 4) is 5.75 Å². The third-order valence-corrected chi connectivity index (χ3v) is 5.08. The molecular formula is C25H22N2O3. The fourth-order valence-electron chi connectivity index (χ4n) is 3.55. The number of carbonyl (C=O) groups is 2. The van der Waals surface area contributed by atoms with Crippen LogP contribution in [-0.4, -0.2) is 25.5 Å². The van der Waals surface area contributed by atoms with Crippen molar-refractivity contribution < 1.29 is 14.3 Å². The summed E-state index contributed by atoms with van der Waals surface area (Å²) in [5, 5.41) is 2.81. The Morgan fingerprint density at radius 1 is 0.967 bits per heavy atom. The van der Waals surface area contributed by atoms with Crippen LogP contribution in [-0.2, 0) is 11.2 Å². The van der Waals surface area contributed by atoms with Crippen LogP contribution >= 0.6 is 0 Å². The highest BCUT2D eigenvalue weighted by Crippen LogP contribution is 2.29. The van der Waals surface area contributed by atoms with Crippen molar-refractivity contribution in [3.63, 3.8) is 0 Å². The topological polar surface area (TPSA) is 58.6 Å². The molecular weight excluding hydrogens is 376 g/mol. The van der Waals surface area contributed by atoms with Gasteiger partial charge in [0.15, 0.2) is 0 Å². The molecule has 0 radical (unpaired) electrons. The molecule has 0 fully saturated rings. The fraction of sp³-hybridized carbons (Fsp3) is 0.120. The van der Waals surface area contributed by atoms with Crippen LogP contribution in [0.2, 0.25) is 0 Å². The van der Waals surface area contributed by atoms with Gasteiger partial charge >= 0.3 is 0 Å². The highest BCUT2D eigenvalue weighted by molar-refractivity contribution is 6.08. The molecule has 3 aromatic rings. The Morgan fingerprint density at radius 3 is 2.50 bits per heavy atom. The summed E-state index contributed by atoms with van der Waals surface area (Å²) < 4.78 is 5.28. The SMILES string of the molecule is COc1ccccc1/C=C/C(=O)Nc1ccc(C(=O)N2CCc3ccccc32)cc1. The maximum Gasteiger partial charge on any atom is 0.258 e. The predicted molar refractivity (Wildman–Crippen MR) is 119 cm³/mol. The van der Waals surface area contributed by atoms with Crippen molar-refractivity contribution in [2.45, 2.75) is 6.42 Å². The molecule has 0 atom stereocenters. The van der Waals surface area contributed by atoms with E-state index in [0.717, 1.165) is 17.7 Å². The third kappa shape index (κ3) is 4.10. The predicted octanol–water partition coefficient (Wildman–Crippen LogP) is 4.55. The van der Waals surface area contributed by atoms with E-state index in [9.17, 15) is 9.59 Å². The second kappa shape index (κ2) is 8.66. The van der Waals surface area contributed by atoms with E-state index in [4.69, 9.17) is 4.74 Å². The summed E-state index contributed by atoms with van der Waals surface area (Å²) in [5.41, 5.74) is 4.21. The number of nitrogens with one attached hydrogen (secondary N) is 1. The van der Waals surface area contributed by atoms with E-state index in [1.54, 1.807) is 42.4 Å². The summed E-state index contributed by atoms with van der Waals surface area (Å²) in [7, 11) is 1.59. The van der Waals surface area contributed by atoms with E-state index < -0.39 is 0 Å². The van der Waals surface area contributed by atoms with Crippen LogP contribution < -0.4 is 15.0 Å². The Kier molecular flexibility index (Phi) is 5.61. The van der Waals surface area contributed by atoms with Gasteiger partial charge in [0.2, 0.25) is 5.91 Å². The summed E-state index contributed by atoms with van der Waals surface area (Å²) in [6, 6.07) is 22.4. The molecule has 5 nitrogen and oxygen atoms in total. The number of fused-ring (bicyclic) bond motifs is 1. The molecule has 1 aliphatic heterocycles. The van der Waals surface area contributed by atoms with Gasteiger partial charge in [-0.25, -0.2) is 0 Å². The normalized spacial score (nSPS) is 12.6. The van der Waals surface area contributed by atoms with E-state index in [0.29, 0.717) is 23.5 Å². The van der Waals surface area contributed by atoms with Crippen molar-refractivity contribution >= 4 is 29.3 Å². The molecule has 150 valence electrons. The fourth-order valence-corrected chi connectivity index (χ4v) is 3.55. The molecule has 0 bridgehead atoms. The second-order valence-corrected chi connectivity index (χ2v) is 6.98. The summed E-state index contributed by atoms with van der Waals surface area (Å²) >= 11 is 0. The minimum Gasteiger partial charge on any atom is -0.496 e. The highest BCUT2D eigenvalue weighted by Gasteiger charge is 2.24. The third-order valence-electron chi connectivity index (χ3n) is 5.08. The maximum absolute atomic E-state index is 12.9. The number of ether oxygens (including phenoxy) is 1. The maximum atomic E-state index is 12.9. The molecule has 0 aromatic heterocycles. The lowest BCUT2D eigenvalue weighted by atomic mass is 10.1. The van der Waals surface area contributed by atoms with Gasteiger partial charge in [0.1, 0.15) is 5.75 Å². The standard InChI is InChI=1S/C25H22N2O3/c1-30-23-9-5-3-7-19(23)12-15-24(28)26-21-13-10-20(11-14-21)25(29)27-17-16-18-6-2-4-8-22(18)27/h2-15H,16-17H2,1H3,(H,26,28)/b15-12+. The lowest BCUT2D eigenvalue weighted by Gasteiger charge is -2.17. The summed E-state index contributed by atoms with van der Waals surface area (Å²) in [6.45, 7) is 0.685. The Labute approximate surface area is 175 Å². The first-order chi connectivity index (χ1) is 14.7. The van der Waals surface area contributed by atoms with Crippen LogP contribution in [0.3, 0.4) is 0 Å². The number of carbonyl (C=O) groups excluding carboxylic acids is 2. The quantitative estimate of drug-likeness (QED) is 0.642. The van der Waals surface area contributed by atoms with E-state index in [1.807, 2.05) is 42.5 Å². The zero-order valence-corrected chi connectivity index (χ0v) is 16.7. The number of anilines is 2. The minimum absolute atomic E-state index is 0.0334. The molecule has 0 saturated carbocycles. The van der Waals surface area contributed by atoms with Crippen LogP contribution in [0.4, 0.5) is 11.4 Å². The molecule has 1 heterocycles. The lowest BCUT2D eigenvalue weighted by Crippen LogP contribution is -2.28. The van der Waals surface area contributed by atoms with Crippen molar-refractivity contribution in [1.29, 1.82) is 0 Å². The number of amides is 2. The average Bonchev–Trinajstić information content (AvgIpc) is 3.22. The van der Waals surface area contributed by atoms with Crippen LogP contribution in [0.25, 0.3) is 6.08 Å². The molecule has 1 N–H and O–H groups in total. The first-order valence-corrected chi connectivity index (χ1v) is 9.77. The molecule has 4 rings (SSSR count). The zero-order valence-electron chi connectivity index (χ0n) is 16.7. The van der Waals surface area contributed by atoms with Gasteiger partial charge in [-0.15, -0.1) is 0 Å². The van der Waals surface area contributed by atoms with Crippen molar-refractivity contribution in [1.82, 2.24) is 0 Å². The number of para-hydroxylation sites is 2. The zero-order chi connectivity index (χ0) is 20.9. The van der Waals surface area contributed by atoms with Gasteiger partial charge in [-0.1, -0.05) is 36.4 Å². The van der Waals surface area contributed by atoms with E-state index >= 15 is 0 Å². The number of hydrogen-bond donors (Lipinski definition) is 1. The molecule has 0 aliphatic carbocycles. The Bertz CT molecular complexity index is 1100. The van der Waals surface area contributed by atoms with Crippen LogP contribution in [0.15, 0.2) is 78.9 Å². The summed E-state index contributed by atoms with van der Waals surface area (Å²) in [6.07, 6.45) is 4.03. The lowest BCUT2D eigenvalue weighted by molar-refractivity contribution is -0.111. The number of rotatable bonds is 5. The molecule has 3 aromatic carbocycles. The Morgan fingerprint density at radius 2 is 1.70 bits per heavy atom. The van der Waals surface area contributed by atoms with Crippen LogP contribution in [0, 0.1) is 0 Å². The van der Waals surface area contributed by atoms with Gasteiger partial charge in [0.05, 0.1) is 7.11 Å². The largest absolute Gasteiger partial charge is 0.496 e. The molecule has 0 spiro atoms. The second-order valence-electron chi connectivity index (χ2n) is 6.98.